The predicted molar refractivity (Wildman–Crippen MR) is 132 cm³/mol. The molecule has 1 aromatic rings. The van der Waals surface area contributed by atoms with Crippen LogP contribution < -0.4 is 15.5 Å². The lowest BCUT2D eigenvalue weighted by Crippen LogP contribution is -2.41. The molecular weight excluding hydrogens is 465 g/mol. The van der Waals surface area contributed by atoms with E-state index >= 15 is 0 Å². The highest BCUT2D eigenvalue weighted by Gasteiger charge is 2.01. The molecular formula is C21H40IN5O. The van der Waals surface area contributed by atoms with Gasteiger partial charge in [0.1, 0.15) is 0 Å². The van der Waals surface area contributed by atoms with E-state index in [2.05, 4.69) is 72.8 Å². The molecule has 0 aliphatic rings. The number of hydrogen-bond acceptors (Lipinski definition) is 4. The van der Waals surface area contributed by atoms with E-state index in [-0.39, 0.29) is 24.0 Å². The standard InChI is InChI=1S/C21H39N5O.HI/c1-6-22-21(24-15-17-26(4)16-8-18-27-5)23-14-7-9-19-10-12-20(13-11-19)25(2)3;/h10-13H,6-9,14-18H2,1-5H3,(H2,22,23,24);1H. The highest BCUT2D eigenvalue weighted by molar-refractivity contribution is 14.0. The lowest BCUT2D eigenvalue weighted by atomic mass is 10.1. The summed E-state index contributed by atoms with van der Waals surface area (Å²) in [5.41, 5.74) is 2.61. The molecule has 1 aromatic carbocycles. The number of aliphatic imine (C=N–C) groups is 1. The SMILES string of the molecule is CCNC(=NCCCc1ccc(N(C)C)cc1)NCCN(C)CCCOC.I. The molecule has 162 valence electrons. The fourth-order valence-electron chi connectivity index (χ4n) is 2.73. The third-order valence-corrected chi connectivity index (χ3v) is 4.36. The van der Waals surface area contributed by atoms with E-state index in [1.165, 1.54) is 11.3 Å². The van der Waals surface area contributed by atoms with Crippen LogP contribution >= 0.6 is 24.0 Å². The van der Waals surface area contributed by atoms with Crippen molar-refractivity contribution < 1.29 is 4.74 Å². The van der Waals surface area contributed by atoms with Crippen LogP contribution in [-0.4, -0.2) is 78.4 Å². The molecule has 0 atom stereocenters. The molecule has 0 spiro atoms. The molecule has 7 heteroatoms. The molecule has 0 bridgehead atoms. The van der Waals surface area contributed by atoms with Crippen LogP contribution in [0.15, 0.2) is 29.3 Å². The van der Waals surface area contributed by atoms with E-state index in [1.54, 1.807) is 7.11 Å². The van der Waals surface area contributed by atoms with Gasteiger partial charge in [0.15, 0.2) is 5.96 Å². The number of hydrogen-bond donors (Lipinski definition) is 2. The normalized spacial score (nSPS) is 11.3. The van der Waals surface area contributed by atoms with Crippen LogP contribution in [0, 0.1) is 0 Å². The Kier molecular flexibility index (Phi) is 16.2. The largest absolute Gasteiger partial charge is 0.385 e. The predicted octanol–water partition coefficient (Wildman–Crippen LogP) is 2.83. The van der Waals surface area contributed by atoms with Crippen molar-refractivity contribution >= 4 is 35.6 Å². The maximum absolute atomic E-state index is 5.10. The molecule has 0 saturated heterocycles. The molecule has 0 aromatic heterocycles. The van der Waals surface area contributed by atoms with Crippen molar-refractivity contribution in [3.63, 3.8) is 0 Å². The molecule has 0 aliphatic carbocycles. The van der Waals surface area contributed by atoms with E-state index in [9.17, 15) is 0 Å². The zero-order valence-electron chi connectivity index (χ0n) is 18.3. The molecule has 6 nitrogen and oxygen atoms in total. The van der Waals surface area contributed by atoms with Gasteiger partial charge in [-0.1, -0.05) is 12.1 Å². The smallest absolute Gasteiger partial charge is 0.191 e. The third kappa shape index (κ3) is 12.4. The van der Waals surface area contributed by atoms with Crippen molar-refractivity contribution in [2.45, 2.75) is 26.2 Å². The van der Waals surface area contributed by atoms with Crippen LogP contribution in [0.2, 0.25) is 0 Å². The van der Waals surface area contributed by atoms with Crippen molar-refractivity contribution in [2.24, 2.45) is 4.99 Å². The summed E-state index contributed by atoms with van der Waals surface area (Å²) >= 11 is 0. The van der Waals surface area contributed by atoms with Crippen LogP contribution in [0.3, 0.4) is 0 Å². The Hall–Kier alpha value is -1.06. The molecule has 0 aliphatic heterocycles. The van der Waals surface area contributed by atoms with Gasteiger partial charge in [-0.2, -0.15) is 0 Å². The highest BCUT2D eigenvalue weighted by atomic mass is 127. The average molecular weight is 505 g/mol. The number of nitrogens with one attached hydrogen (secondary N) is 2. The lowest BCUT2D eigenvalue weighted by molar-refractivity contribution is 0.180. The number of methoxy groups -OCH3 is 1. The quantitative estimate of drug-likeness (QED) is 0.187. The van der Waals surface area contributed by atoms with Gasteiger partial charge < -0.3 is 25.2 Å². The van der Waals surface area contributed by atoms with E-state index in [0.717, 1.165) is 64.6 Å². The Morgan fingerprint density at radius 1 is 1.04 bits per heavy atom. The molecule has 2 N–H and O–H groups in total. The first kappa shape index (κ1) is 26.9. The topological polar surface area (TPSA) is 52.1 Å². The summed E-state index contributed by atoms with van der Waals surface area (Å²) in [7, 11) is 8.02. The molecule has 0 unspecified atom stereocenters. The number of rotatable bonds is 13. The number of halogens is 1. The minimum atomic E-state index is 0. The minimum absolute atomic E-state index is 0. The van der Waals surface area contributed by atoms with Crippen molar-refractivity contribution in [3.05, 3.63) is 29.8 Å². The van der Waals surface area contributed by atoms with Crippen LogP contribution in [0.25, 0.3) is 0 Å². The van der Waals surface area contributed by atoms with E-state index in [1.807, 2.05) is 0 Å². The molecule has 0 saturated carbocycles. The van der Waals surface area contributed by atoms with Gasteiger partial charge in [0, 0.05) is 66.2 Å². The Bertz CT molecular complexity index is 522. The van der Waals surface area contributed by atoms with E-state index < -0.39 is 0 Å². The second-order valence-electron chi connectivity index (χ2n) is 7.00. The molecule has 0 amide bonds. The van der Waals surface area contributed by atoms with Gasteiger partial charge in [-0.15, -0.1) is 24.0 Å². The second-order valence-corrected chi connectivity index (χ2v) is 7.00. The number of benzene rings is 1. The fraction of sp³-hybridized carbons (Fsp3) is 0.667. The van der Waals surface area contributed by atoms with Gasteiger partial charge >= 0.3 is 0 Å². The third-order valence-electron chi connectivity index (χ3n) is 4.36. The Balaban J connectivity index is 0.00000729. The van der Waals surface area contributed by atoms with E-state index in [0.29, 0.717) is 0 Å². The summed E-state index contributed by atoms with van der Waals surface area (Å²) in [6.45, 7) is 7.56. The number of likely N-dealkylation sites (N-methyl/N-ethyl adjacent to an activating group) is 1. The molecule has 28 heavy (non-hydrogen) atoms. The Labute approximate surface area is 189 Å². The highest BCUT2D eigenvalue weighted by Crippen LogP contribution is 2.13. The van der Waals surface area contributed by atoms with Crippen molar-refractivity contribution in [1.82, 2.24) is 15.5 Å². The number of aryl methyl sites for hydroxylation is 1. The molecule has 0 radical (unpaired) electrons. The zero-order valence-corrected chi connectivity index (χ0v) is 20.7. The fourth-order valence-corrected chi connectivity index (χ4v) is 2.73. The van der Waals surface area contributed by atoms with Gasteiger partial charge in [-0.25, -0.2) is 0 Å². The summed E-state index contributed by atoms with van der Waals surface area (Å²) in [5, 5.41) is 6.74. The van der Waals surface area contributed by atoms with Crippen LogP contribution in [-0.2, 0) is 11.2 Å². The zero-order chi connectivity index (χ0) is 19.9. The molecule has 0 heterocycles. The van der Waals surface area contributed by atoms with Gasteiger partial charge in [0.2, 0.25) is 0 Å². The first-order valence-electron chi connectivity index (χ1n) is 10.0. The van der Waals surface area contributed by atoms with Gasteiger partial charge in [0.25, 0.3) is 0 Å². The summed E-state index contributed by atoms with van der Waals surface area (Å²) in [6.07, 6.45) is 3.17. The van der Waals surface area contributed by atoms with Crippen molar-refractivity contribution in [2.75, 3.05) is 72.5 Å². The Morgan fingerprint density at radius 2 is 1.75 bits per heavy atom. The van der Waals surface area contributed by atoms with Gasteiger partial charge in [-0.05, 0) is 50.9 Å². The lowest BCUT2D eigenvalue weighted by Gasteiger charge is -2.18. The number of guanidine groups is 1. The molecule has 0 fully saturated rings. The summed E-state index contributed by atoms with van der Waals surface area (Å²) < 4.78 is 5.10. The maximum Gasteiger partial charge on any atom is 0.191 e. The van der Waals surface area contributed by atoms with Crippen LogP contribution in [0.4, 0.5) is 5.69 Å². The van der Waals surface area contributed by atoms with Crippen molar-refractivity contribution in [1.29, 1.82) is 0 Å². The van der Waals surface area contributed by atoms with Gasteiger partial charge in [0.05, 0.1) is 0 Å². The Morgan fingerprint density at radius 3 is 2.36 bits per heavy atom. The average Bonchev–Trinajstić information content (AvgIpc) is 2.65. The monoisotopic (exact) mass is 505 g/mol. The van der Waals surface area contributed by atoms with Crippen LogP contribution in [0.5, 0.6) is 0 Å². The first-order chi connectivity index (χ1) is 13.1. The van der Waals surface area contributed by atoms with Gasteiger partial charge in [-0.3, -0.25) is 4.99 Å². The maximum atomic E-state index is 5.10. The van der Waals surface area contributed by atoms with E-state index in [4.69, 9.17) is 9.73 Å². The second kappa shape index (κ2) is 16.9. The first-order valence-corrected chi connectivity index (χ1v) is 10.0. The summed E-state index contributed by atoms with van der Waals surface area (Å²) in [6, 6.07) is 8.77. The minimum Gasteiger partial charge on any atom is -0.385 e. The van der Waals surface area contributed by atoms with Crippen LogP contribution in [0.1, 0.15) is 25.3 Å². The van der Waals surface area contributed by atoms with Crippen molar-refractivity contribution in [3.8, 4) is 0 Å². The summed E-state index contributed by atoms with van der Waals surface area (Å²) in [5.74, 6) is 0.908. The number of anilines is 1. The number of nitrogens with zero attached hydrogens (tertiary/aromatic N) is 3. The molecule has 1 rings (SSSR count). The summed E-state index contributed by atoms with van der Waals surface area (Å²) in [4.78, 5) is 9.13. The number of ether oxygens (including phenoxy) is 1.